The molecule has 2 heterocycles. The van der Waals surface area contributed by atoms with Crippen LogP contribution < -0.4 is 5.32 Å². The first-order valence-corrected chi connectivity index (χ1v) is 7.97. The van der Waals surface area contributed by atoms with Crippen molar-refractivity contribution in [3.63, 3.8) is 0 Å². The van der Waals surface area contributed by atoms with Crippen LogP contribution in [-0.2, 0) is 24.2 Å². The summed E-state index contributed by atoms with van der Waals surface area (Å²) < 4.78 is 8.36. The van der Waals surface area contributed by atoms with Gasteiger partial charge in [0, 0.05) is 24.5 Å². The Morgan fingerprint density at radius 1 is 1.14 bits per heavy atom. The Kier molecular flexibility index (Phi) is 3.53. The maximum absolute atomic E-state index is 6.03. The summed E-state index contributed by atoms with van der Waals surface area (Å²) in [5, 5.41) is 3.59. The van der Waals surface area contributed by atoms with Crippen molar-refractivity contribution >= 4 is 0 Å². The monoisotopic (exact) mass is 282 g/mol. The lowest BCUT2D eigenvalue weighted by atomic mass is 9.97. The Labute approximate surface area is 125 Å². The van der Waals surface area contributed by atoms with Crippen LogP contribution in [0.2, 0.25) is 0 Å². The molecule has 1 N–H and O–H groups in total. The summed E-state index contributed by atoms with van der Waals surface area (Å²) in [4.78, 5) is 0. The summed E-state index contributed by atoms with van der Waals surface area (Å²) in [5.74, 6) is 0. The molecular formula is C18H22N2O. The number of nitrogens with zero attached hydrogens (tertiary/aromatic N) is 1. The molecule has 1 fully saturated rings. The summed E-state index contributed by atoms with van der Waals surface area (Å²) in [7, 11) is 0. The van der Waals surface area contributed by atoms with Crippen LogP contribution in [0.4, 0.5) is 0 Å². The predicted molar refractivity (Wildman–Crippen MR) is 83.1 cm³/mol. The van der Waals surface area contributed by atoms with Gasteiger partial charge in [-0.25, -0.2) is 0 Å². The summed E-state index contributed by atoms with van der Waals surface area (Å²) >= 11 is 0. The lowest BCUT2D eigenvalue weighted by Crippen LogP contribution is -2.23. The molecule has 0 bridgehead atoms. The smallest absolute Gasteiger partial charge is 0.101 e. The molecule has 1 unspecified atom stereocenters. The average Bonchev–Trinajstić information content (AvgIpc) is 3.25. The first-order chi connectivity index (χ1) is 10.4. The summed E-state index contributed by atoms with van der Waals surface area (Å²) in [5.41, 5.74) is 4.16. The molecule has 1 atom stereocenters. The third kappa shape index (κ3) is 2.89. The van der Waals surface area contributed by atoms with E-state index in [0.717, 1.165) is 32.2 Å². The van der Waals surface area contributed by atoms with Gasteiger partial charge in [-0.05, 0) is 42.5 Å². The Bertz CT molecular complexity index is 615. The van der Waals surface area contributed by atoms with E-state index in [1.54, 1.807) is 0 Å². The molecule has 110 valence electrons. The van der Waals surface area contributed by atoms with Crippen molar-refractivity contribution in [1.29, 1.82) is 0 Å². The highest BCUT2D eigenvalue weighted by atomic mass is 16.5. The SMILES string of the molecule is c1ccc2c(c1)CCOC2Cn1cccc1CNC1CC1. The second-order valence-electron chi connectivity index (χ2n) is 6.12. The number of fused-ring (bicyclic) bond motifs is 1. The molecule has 1 aliphatic heterocycles. The van der Waals surface area contributed by atoms with E-state index in [9.17, 15) is 0 Å². The van der Waals surface area contributed by atoms with Crippen LogP contribution in [0.5, 0.6) is 0 Å². The summed E-state index contributed by atoms with van der Waals surface area (Å²) in [6, 6.07) is 13.8. The van der Waals surface area contributed by atoms with Crippen LogP contribution >= 0.6 is 0 Å². The highest BCUT2D eigenvalue weighted by molar-refractivity contribution is 5.31. The van der Waals surface area contributed by atoms with Crippen LogP contribution in [0.1, 0.15) is 35.8 Å². The van der Waals surface area contributed by atoms with Gasteiger partial charge < -0.3 is 14.6 Å². The van der Waals surface area contributed by atoms with E-state index in [2.05, 4.69) is 52.5 Å². The molecule has 0 radical (unpaired) electrons. The van der Waals surface area contributed by atoms with E-state index < -0.39 is 0 Å². The topological polar surface area (TPSA) is 26.2 Å². The third-order valence-corrected chi connectivity index (χ3v) is 4.53. The second kappa shape index (κ2) is 5.66. The highest BCUT2D eigenvalue weighted by Gasteiger charge is 2.23. The van der Waals surface area contributed by atoms with Crippen molar-refractivity contribution in [1.82, 2.24) is 9.88 Å². The maximum atomic E-state index is 6.03. The number of hydrogen-bond acceptors (Lipinski definition) is 2. The summed E-state index contributed by atoms with van der Waals surface area (Å²) in [6.45, 7) is 2.70. The standard InChI is InChI=1S/C18H22N2O/c1-2-6-17-14(4-1)9-11-21-18(17)13-20-10-3-5-16(20)12-19-15-7-8-15/h1-6,10,15,18-19H,7-9,11-13H2. The molecule has 0 amide bonds. The first kappa shape index (κ1) is 13.1. The zero-order valence-corrected chi connectivity index (χ0v) is 12.3. The average molecular weight is 282 g/mol. The van der Waals surface area contributed by atoms with Gasteiger partial charge in [0.05, 0.1) is 13.2 Å². The molecular weight excluding hydrogens is 260 g/mol. The maximum Gasteiger partial charge on any atom is 0.101 e. The Balaban J connectivity index is 1.50. The van der Waals surface area contributed by atoms with Crippen LogP contribution in [0.25, 0.3) is 0 Å². The van der Waals surface area contributed by atoms with E-state index in [-0.39, 0.29) is 6.10 Å². The molecule has 3 heteroatoms. The van der Waals surface area contributed by atoms with Crippen molar-refractivity contribution in [3.05, 3.63) is 59.4 Å². The fraction of sp³-hybridized carbons (Fsp3) is 0.444. The molecule has 0 saturated heterocycles. The fourth-order valence-electron chi connectivity index (χ4n) is 3.13. The summed E-state index contributed by atoms with van der Waals surface area (Å²) in [6.07, 6.45) is 6.06. The number of hydrogen-bond donors (Lipinski definition) is 1. The van der Waals surface area contributed by atoms with Crippen molar-refractivity contribution in [3.8, 4) is 0 Å². The Morgan fingerprint density at radius 3 is 2.95 bits per heavy atom. The molecule has 1 aromatic carbocycles. The van der Waals surface area contributed by atoms with Gasteiger partial charge >= 0.3 is 0 Å². The van der Waals surface area contributed by atoms with Crippen molar-refractivity contribution in [2.75, 3.05) is 6.61 Å². The van der Waals surface area contributed by atoms with Gasteiger partial charge in [0.25, 0.3) is 0 Å². The first-order valence-electron chi connectivity index (χ1n) is 7.97. The molecule has 4 rings (SSSR count). The minimum atomic E-state index is 0.182. The van der Waals surface area contributed by atoms with Gasteiger partial charge in [-0.2, -0.15) is 0 Å². The largest absolute Gasteiger partial charge is 0.371 e. The second-order valence-corrected chi connectivity index (χ2v) is 6.12. The quantitative estimate of drug-likeness (QED) is 0.912. The highest BCUT2D eigenvalue weighted by Crippen LogP contribution is 2.28. The Morgan fingerprint density at radius 2 is 2.05 bits per heavy atom. The van der Waals surface area contributed by atoms with Crippen molar-refractivity contribution < 1.29 is 4.74 Å². The van der Waals surface area contributed by atoms with Gasteiger partial charge in [-0.1, -0.05) is 24.3 Å². The number of aromatic nitrogens is 1. The minimum Gasteiger partial charge on any atom is -0.371 e. The fourth-order valence-corrected chi connectivity index (χ4v) is 3.13. The zero-order valence-electron chi connectivity index (χ0n) is 12.3. The van der Waals surface area contributed by atoms with Crippen LogP contribution in [-0.4, -0.2) is 17.2 Å². The molecule has 2 aliphatic rings. The third-order valence-electron chi connectivity index (χ3n) is 4.53. The molecule has 21 heavy (non-hydrogen) atoms. The van der Waals surface area contributed by atoms with E-state index in [0.29, 0.717) is 0 Å². The number of benzene rings is 1. The van der Waals surface area contributed by atoms with E-state index in [4.69, 9.17) is 4.74 Å². The molecule has 3 nitrogen and oxygen atoms in total. The normalized spacial score (nSPS) is 21.2. The molecule has 0 spiro atoms. The van der Waals surface area contributed by atoms with E-state index in [1.807, 2.05) is 0 Å². The van der Waals surface area contributed by atoms with Crippen LogP contribution in [0, 0.1) is 0 Å². The van der Waals surface area contributed by atoms with Crippen molar-refractivity contribution in [2.45, 2.75) is 44.5 Å². The lowest BCUT2D eigenvalue weighted by molar-refractivity contribution is 0.0301. The van der Waals surface area contributed by atoms with E-state index >= 15 is 0 Å². The van der Waals surface area contributed by atoms with E-state index in [1.165, 1.54) is 29.7 Å². The minimum absolute atomic E-state index is 0.182. The van der Waals surface area contributed by atoms with Crippen molar-refractivity contribution in [2.24, 2.45) is 0 Å². The van der Waals surface area contributed by atoms with Gasteiger partial charge in [0.15, 0.2) is 0 Å². The van der Waals surface area contributed by atoms with Gasteiger partial charge in [-0.3, -0.25) is 0 Å². The lowest BCUT2D eigenvalue weighted by Gasteiger charge is -2.27. The molecule has 1 saturated carbocycles. The zero-order chi connectivity index (χ0) is 14.1. The van der Waals surface area contributed by atoms with Crippen LogP contribution in [0.3, 0.4) is 0 Å². The van der Waals surface area contributed by atoms with Gasteiger partial charge in [0.1, 0.15) is 6.10 Å². The molecule has 2 aromatic rings. The molecule has 1 aromatic heterocycles. The Hall–Kier alpha value is -1.58. The van der Waals surface area contributed by atoms with Crippen LogP contribution in [0.15, 0.2) is 42.6 Å². The molecule has 1 aliphatic carbocycles. The number of ether oxygens (including phenoxy) is 1. The van der Waals surface area contributed by atoms with Gasteiger partial charge in [-0.15, -0.1) is 0 Å². The predicted octanol–water partition coefficient (Wildman–Crippen LogP) is 3.05. The number of nitrogens with one attached hydrogen (secondary N) is 1. The number of rotatable bonds is 5. The van der Waals surface area contributed by atoms with Gasteiger partial charge in [0.2, 0.25) is 0 Å².